The molecule has 0 saturated heterocycles. The highest BCUT2D eigenvalue weighted by atomic mass is 16.5. The van der Waals surface area contributed by atoms with Crippen LogP contribution in [0.3, 0.4) is 0 Å². The highest BCUT2D eigenvalue weighted by Crippen LogP contribution is 2.19. The van der Waals surface area contributed by atoms with Crippen LogP contribution in [0.5, 0.6) is 0 Å². The first-order valence-corrected chi connectivity index (χ1v) is 6.10. The maximum Gasteiger partial charge on any atom is 0.374 e. The van der Waals surface area contributed by atoms with Crippen LogP contribution in [0.25, 0.3) is 11.0 Å². The number of aromatic nitrogens is 2. The number of nitrogens with zero attached hydrogens (tertiary/aromatic N) is 2. The first-order valence-electron chi connectivity index (χ1n) is 6.10. The van der Waals surface area contributed by atoms with E-state index in [1.807, 2.05) is 0 Å². The molecule has 1 aromatic carbocycles. The third kappa shape index (κ3) is 2.48. The molecule has 7 heteroatoms. The Morgan fingerprint density at radius 2 is 2.20 bits per heavy atom. The zero-order valence-electron chi connectivity index (χ0n) is 11.0. The van der Waals surface area contributed by atoms with Gasteiger partial charge in [0.25, 0.3) is 0 Å². The van der Waals surface area contributed by atoms with Crippen molar-refractivity contribution in [3.05, 3.63) is 29.6 Å². The number of esters is 1. The van der Waals surface area contributed by atoms with Gasteiger partial charge in [0, 0.05) is 6.54 Å². The molecule has 0 aliphatic heterocycles. The topological polar surface area (TPSA) is 107 Å². The summed E-state index contributed by atoms with van der Waals surface area (Å²) >= 11 is 0. The Bertz CT molecular complexity index is 663. The minimum absolute atomic E-state index is 0.141. The maximum absolute atomic E-state index is 11.7. The van der Waals surface area contributed by atoms with Gasteiger partial charge in [-0.2, -0.15) is 0 Å². The van der Waals surface area contributed by atoms with Gasteiger partial charge in [-0.1, -0.05) is 0 Å². The van der Waals surface area contributed by atoms with Crippen molar-refractivity contribution in [2.75, 3.05) is 13.7 Å². The van der Waals surface area contributed by atoms with Crippen LogP contribution in [0.15, 0.2) is 18.2 Å². The Morgan fingerprint density at radius 1 is 1.45 bits per heavy atom. The third-order valence-corrected chi connectivity index (χ3v) is 2.95. The molecule has 2 aromatic rings. The molecule has 0 fully saturated rings. The number of nitrogens with two attached hydrogens (primary N) is 1. The second-order valence-corrected chi connectivity index (χ2v) is 4.23. The summed E-state index contributed by atoms with van der Waals surface area (Å²) in [6, 6.07) is 4.52. The molecule has 7 nitrogen and oxygen atoms in total. The number of benzene rings is 1. The van der Waals surface area contributed by atoms with Crippen molar-refractivity contribution in [1.82, 2.24) is 9.55 Å². The number of imidazole rings is 1. The van der Waals surface area contributed by atoms with Crippen molar-refractivity contribution < 1.29 is 19.4 Å². The molecule has 0 radical (unpaired) electrons. The average Bonchev–Trinajstić information content (AvgIpc) is 2.81. The van der Waals surface area contributed by atoms with E-state index in [1.54, 1.807) is 10.6 Å². The zero-order chi connectivity index (χ0) is 14.7. The maximum atomic E-state index is 11.7. The Morgan fingerprint density at radius 3 is 2.80 bits per heavy atom. The average molecular weight is 277 g/mol. The van der Waals surface area contributed by atoms with E-state index in [-0.39, 0.29) is 11.4 Å². The summed E-state index contributed by atoms with van der Waals surface area (Å²) in [6.07, 6.45) is 0.646. The van der Waals surface area contributed by atoms with Crippen LogP contribution in [-0.4, -0.2) is 40.3 Å². The van der Waals surface area contributed by atoms with Crippen LogP contribution >= 0.6 is 0 Å². The number of carbonyl (C=O) groups is 2. The molecule has 0 atom stereocenters. The number of carboxylic acids is 1. The number of hydrogen-bond acceptors (Lipinski definition) is 5. The molecule has 3 N–H and O–H groups in total. The van der Waals surface area contributed by atoms with Crippen molar-refractivity contribution >= 4 is 23.0 Å². The van der Waals surface area contributed by atoms with Crippen molar-refractivity contribution in [2.24, 2.45) is 5.73 Å². The third-order valence-electron chi connectivity index (χ3n) is 2.95. The lowest BCUT2D eigenvalue weighted by Gasteiger charge is -2.07. The van der Waals surface area contributed by atoms with Gasteiger partial charge in [0.15, 0.2) is 0 Å². The SMILES string of the molecule is COC(=O)c1nc2ccc(C(=O)O)cc2n1CCCN. The number of hydrogen-bond donors (Lipinski definition) is 2. The van der Waals surface area contributed by atoms with Crippen LogP contribution in [0.1, 0.15) is 27.4 Å². The second-order valence-electron chi connectivity index (χ2n) is 4.23. The Hall–Kier alpha value is -2.41. The number of carbonyl (C=O) groups excluding carboxylic acids is 1. The number of methoxy groups -OCH3 is 1. The standard InChI is InChI=1S/C13H15N3O4/c1-20-13(19)11-15-9-4-3-8(12(17)18)7-10(9)16(11)6-2-5-14/h3-4,7H,2,5-6,14H2,1H3,(H,17,18). The monoisotopic (exact) mass is 277 g/mol. The van der Waals surface area contributed by atoms with Crippen molar-refractivity contribution in [1.29, 1.82) is 0 Å². The number of rotatable bonds is 5. The minimum atomic E-state index is -1.03. The lowest BCUT2D eigenvalue weighted by Crippen LogP contribution is -2.14. The Balaban J connectivity index is 2.61. The van der Waals surface area contributed by atoms with Crippen LogP contribution in [0.2, 0.25) is 0 Å². The molecule has 20 heavy (non-hydrogen) atoms. The lowest BCUT2D eigenvalue weighted by molar-refractivity contribution is 0.0581. The van der Waals surface area contributed by atoms with Gasteiger partial charge in [0.05, 0.1) is 23.7 Å². The van der Waals surface area contributed by atoms with Crippen LogP contribution in [0.4, 0.5) is 0 Å². The molecule has 2 rings (SSSR count). The first-order chi connectivity index (χ1) is 9.58. The van der Waals surface area contributed by atoms with Crippen LogP contribution in [0, 0.1) is 0 Å². The van der Waals surface area contributed by atoms with Gasteiger partial charge < -0.3 is 20.1 Å². The van der Waals surface area contributed by atoms with Gasteiger partial charge in [-0.3, -0.25) is 0 Å². The molecule has 0 spiro atoms. The molecule has 106 valence electrons. The highest BCUT2D eigenvalue weighted by Gasteiger charge is 2.18. The Kier molecular flexibility index (Phi) is 3.99. The van der Waals surface area contributed by atoms with Gasteiger partial charge in [-0.15, -0.1) is 0 Å². The number of aryl methyl sites for hydroxylation is 1. The molecular formula is C13H15N3O4. The summed E-state index contributed by atoms with van der Waals surface area (Å²) in [7, 11) is 1.28. The number of ether oxygens (including phenoxy) is 1. The van der Waals surface area contributed by atoms with Crippen molar-refractivity contribution in [3.63, 3.8) is 0 Å². The van der Waals surface area contributed by atoms with E-state index in [9.17, 15) is 9.59 Å². The summed E-state index contributed by atoms with van der Waals surface area (Å²) in [5.74, 6) is -1.44. The van der Waals surface area contributed by atoms with Gasteiger partial charge in [-0.25, -0.2) is 14.6 Å². The van der Waals surface area contributed by atoms with Gasteiger partial charge in [0.2, 0.25) is 5.82 Å². The summed E-state index contributed by atoms with van der Waals surface area (Å²) in [5.41, 5.74) is 6.75. The smallest absolute Gasteiger partial charge is 0.374 e. The fraction of sp³-hybridized carbons (Fsp3) is 0.308. The lowest BCUT2D eigenvalue weighted by atomic mass is 10.2. The van der Waals surface area contributed by atoms with Crippen molar-refractivity contribution in [3.8, 4) is 0 Å². The van der Waals surface area contributed by atoms with E-state index in [0.717, 1.165) is 0 Å². The van der Waals surface area contributed by atoms with Gasteiger partial charge >= 0.3 is 11.9 Å². The normalized spacial score (nSPS) is 10.7. The summed E-state index contributed by atoms with van der Waals surface area (Å²) < 4.78 is 6.33. The molecule has 1 aromatic heterocycles. The van der Waals surface area contributed by atoms with E-state index >= 15 is 0 Å². The fourth-order valence-corrected chi connectivity index (χ4v) is 1.98. The minimum Gasteiger partial charge on any atom is -0.478 e. The van der Waals surface area contributed by atoms with E-state index < -0.39 is 11.9 Å². The molecule has 0 bridgehead atoms. The predicted molar refractivity (Wildman–Crippen MR) is 71.7 cm³/mol. The summed E-state index contributed by atoms with van der Waals surface area (Å²) in [5, 5.41) is 9.03. The van der Waals surface area contributed by atoms with E-state index in [1.165, 1.54) is 19.2 Å². The number of aromatic carboxylic acids is 1. The van der Waals surface area contributed by atoms with Gasteiger partial charge in [0.1, 0.15) is 0 Å². The molecule has 0 amide bonds. The predicted octanol–water partition coefficient (Wildman–Crippen LogP) is 0.870. The van der Waals surface area contributed by atoms with Crippen LogP contribution in [-0.2, 0) is 11.3 Å². The summed E-state index contributed by atoms with van der Waals surface area (Å²) in [6.45, 7) is 0.930. The van der Waals surface area contributed by atoms with E-state index in [4.69, 9.17) is 15.6 Å². The van der Waals surface area contributed by atoms with Crippen LogP contribution < -0.4 is 5.73 Å². The van der Waals surface area contributed by atoms with E-state index in [2.05, 4.69) is 4.98 Å². The number of carboxylic acid groups (broad SMARTS) is 1. The quantitative estimate of drug-likeness (QED) is 0.785. The zero-order valence-corrected chi connectivity index (χ0v) is 11.0. The van der Waals surface area contributed by atoms with Gasteiger partial charge in [-0.05, 0) is 31.2 Å². The first kappa shape index (κ1) is 14.0. The van der Waals surface area contributed by atoms with Crippen molar-refractivity contribution in [2.45, 2.75) is 13.0 Å². The Labute approximate surface area is 115 Å². The molecule has 0 saturated carbocycles. The molecule has 1 heterocycles. The highest BCUT2D eigenvalue weighted by molar-refractivity contribution is 5.95. The molecule has 0 aliphatic rings. The molecular weight excluding hydrogens is 262 g/mol. The second kappa shape index (κ2) is 5.70. The molecule has 0 unspecified atom stereocenters. The largest absolute Gasteiger partial charge is 0.478 e. The fourth-order valence-electron chi connectivity index (χ4n) is 1.98. The summed E-state index contributed by atoms with van der Waals surface area (Å²) in [4.78, 5) is 26.9. The number of fused-ring (bicyclic) bond motifs is 1. The van der Waals surface area contributed by atoms with E-state index in [0.29, 0.717) is 30.5 Å². The molecule has 0 aliphatic carbocycles.